The molecule has 5 nitrogen and oxygen atoms in total. The van der Waals surface area contributed by atoms with Crippen LogP contribution in [0.25, 0.3) is 0 Å². The van der Waals surface area contributed by atoms with E-state index in [0.29, 0.717) is 35.9 Å². The highest BCUT2D eigenvalue weighted by atomic mass is 16.5. The Kier molecular flexibility index (Phi) is 4.66. The zero-order valence-electron chi connectivity index (χ0n) is 11.9. The van der Waals surface area contributed by atoms with E-state index in [1.165, 1.54) is 0 Å². The zero-order valence-corrected chi connectivity index (χ0v) is 11.9. The fourth-order valence-electron chi connectivity index (χ4n) is 1.68. The van der Waals surface area contributed by atoms with Crippen molar-refractivity contribution < 1.29 is 13.9 Å². The Morgan fingerprint density at radius 2 is 2.24 bits per heavy atom. The molecule has 2 aromatic rings. The largest absolute Gasteiger partial charge is 0.487 e. The fourth-order valence-corrected chi connectivity index (χ4v) is 1.68. The van der Waals surface area contributed by atoms with Gasteiger partial charge in [0.2, 0.25) is 0 Å². The molecule has 0 saturated heterocycles. The van der Waals surface area contributed by atoms with Crippen LogP contribution in [0.1, 0.15) is 23.0 Å². The minimum Gasteiger partial charge on any atom is -0.487 e. The van der Waals surface area contributed by atoms with Crippen LogP contribution in [0.2, 0.25) is 0 Å². The molecule has 2 rings (SSSR count). The summed E-state index contributed by atoms with van der Waals surface area (Å²) in [7, 11) is 0. The summed E-state index contributed by atoms with van der Waals surface area (Å²) in [6.45, 7) is 6.31. The second-order valence-electron chi connectivity index (χ2n) is 4.76. The van der Waals surface area contributed by atoms with Gasteiger partial charge < -0.3 is 20.2 Å². The molecule has 21 heavy (non-hydrogen) atoms. The SMILES string of the molecule is C=C(C)COc1cc(C(=O)NCc2ccco2)ccc1N. The van der Waals surface area contributed by atoms with Crippen molar-refractivity contribution in [2.75, 3.05) is 12.3 Å². The van der Waals surface area contributed by atoms with Crippen LogP contribution in [-0.4, -0.2) is 12.5 Å². The van der Waals surface area contributed by atoms with Crippen molar-refractivity contribution in [2.24, 2.45) is 0 Å². The number of anilines is 1. The molecule has 0 atom stereocenters. The topological polar surface area (TPSA) is 77.5 Å². The predicted molar refractivity (Wildman–Crippen MR) is 81.0 cm³/mol. The van der Waals surface area contributed by atoms with Crippen molar-refractivity contribution >= 4 is 11.6 Å². The molecule has 110 valence electrons. The van der Waals surface area contributed by atoms with Crippen molar-refractivity contribution in [3.05, 3.63) is 60.1 Å². The lowest BCUT2D eigenvalue weighted by Crippen LogP contribution is -2.22. The molecular weight excluding hydrogens is 268 g/mol. The van der Waals surface area contributed by atoms with Gasteiger partial charge in [-0.1, -0.05) is 6.58 Å². The summed E-state index contributed by atoms with van der Waals surface area (Å²) in [5, 5.41) is 2.77. The van der Waals surface area contributed by atoms with Gasteiger partial charge in [-0.25, -0.2) is 0 Å². The molecule has 0 aliphatic rings. The number of furan rings is 1. The zero-order chi connectivity index (χ0) is 15.2. The van der Waals surface area contributed by atoms with E-state index in [0.717, 1.165) is 5.57 Å². The normalized spacial score (nSPS) is 10.1. The highest BCUT2D eigenvalue weighted by Crippen LogP contribution is 2.23. The Balaban J connectivity index is 2.03. The summed E-state index contributed by atoms with van der Waals surface area (Å²) in [4.78, 5) is 12.1. The van der Waals surface area contributed by atoms with Crippen LogP contribution in [-0.2, 0) is 6.54 Å². The van der Waals surface area contributed by atoms with Gasteiger partial charge in [-0.3, -0.25) is 4.79 Å². The third kappa shape index (κ3) is 4.14. The Bertz CT molecular complexity index is 633. The lowest BCUT2D eigenvalue weighted by Gasteiger charge is -2.10. The number of amides is 1. The number of ether oxygens (including phenoxy) is 1. The molecule has 0 saturated carbocycles. The van der Waals surface area contributed by atoms with Gasteiger partial charge in [0.1, 0.15) is 18.1 Å². The molecule has 0 unspecified atom stereocenters. The highest BCUT2D eigenvalue weighted by molar-refractivity contribution is 5.95. The monoisotopic (exact) mass is 286 g/mol. The van der Waals surface area contributed by atoms with Gasteiger partial charge in [0.05, 0.1) is 18.5 Å². The maximum Gasteiger partial charge on any atom is 0.251 e. The third-order valence-electron chi connectivity index (χ3n) is 2.75. The Labute approximate surface area is 123 Å². The number of nitrogens with one attached hydrogen (secondary N) is 1. The lowest BCUT2D eigenvalue weighted by atomic mass is 10.1. The Morgan fingerprint density at radius 3 is 2.90 bits per heavy atom. The number of nitrogen functional groups attached to an aromatic ring is 1. The third-order valence-corrected chi connectivity index (χ3v) is 2.75. The summed E-state index contributed by atoms with van der Waals surface area (Å²) in [5.74, 6) is 0.952. The molecule has 0 aliphatic heterocycles. The number of hydrogen-bond donors (Lipinski definition) is 2. The highest BCUT2D eigenvalue weighted by Gasteiger charge is 2.10. The van der Waals surface area contributed by atoms with Gasteiger partial charge in [-0.15, -0.1) is 0 Å². The standard InChI is InChI=1S/C16H18N2O3/c1-11(2)10-21-15-8-12(5-6-14(15)17)16(19)18-9-13-4-3-7-20-13/h3-8H,1,9-10,17H2,2H3,(H,18,19). The molecule has 0 spiro atoms. The first-order valence-corrected chi connectivity index (χ1v) is 6.53. The molecule has 0 bridgehead atoms. The Hall–Kier alpha value is -2.69. The predicted octanol–water partition coefficient (Wildman–Crippen LogP) is 2.75. The number of carbonyl (C=O) groups excluding carboxylic acids is 1. The van der Waals surface area contributed by atoms with Gasteiger partial charge in [0.25, 0.3) is 5.91 Å². The first kappa shape index (κ1) is 14.7. The van der Waals surface area contributed by atoms with Gasteiger partial charge in [0.15, 0.2) is 0 Å². The second kappa shape index (κ2) is 6.65. The number of nitrogens with two attached hydrogens (primary N) is 1. The first-order valence-electron chi connectivity index (χ1n) is 6.53. The molecule has 0 aliphatic carbocycles. The van der Waals surface area contributed by atoms with Crippen LogP contribution in [0.5, 0.6) is 5.75 Å². The molecule has 1 aromatic carbocycles. The van der Waals surface area contributed by atoms with Crippen molar-refractivity contribution in [1.82, 2.24) is 5.32 Å². The summed E-state index contributed by atoms with van der Waals surface area (Å²) >= 11 is 0. The lowest BCUT2D eigenvalue weighted by molar-refractivity contribution is 0.0947. The minimum atomic E-state index is -0.216. The van der Waals surface area contributed by atoms with E-state index in [2.05, 4.69) is 11.9 Å². The van der Waals surface area contributed by atoms with Crippen molar-refractivity contribution in [3.63, 3.8) is 0 Å². The molecule has 0 fully saturated rings. The van der Waals surface area contributed by atoms with Gasteiger partial charge in [-0.2, -0.15) is 0 Å². The summed E-state index contributed by atoms with van der Waals surface area (Å²) in [6, 6.07) is 8.49. The van der Waals surface area contributed by atoms with Gasteiger partial charge in [-0.05, 0) is 42.8 Å². The molecule has 0 radical (unpaired) electrons. The van der Waals surface area contributed by atoms with E-state index >= 15 is 0 Å². The van der Waals surface area contributed by atoms with Crippen LogP contribution in [0, 0.1) is 0 Å². The summed E-state index contributed by atoms with van der Waals surface area (Å²) in [5.41, 5.74) is 7.67. The number of benzene rings is 1. The fraction of sp³-hybridized carbons (Fsp3) is 0.188. The van der Waals surface area contributed by atoms with Crippen molar-refractivity contribution in [2.45, 2.75) is 13.5 Å². The number of rotatable bonds is 6. The number of carbonyl (C=O) groups is 1. The quantitative estimate of drug-likeness (QED) is 0.632. The van der Waals surface area contributed by atoms with Crippen LogP contribution in [0.15, 0.2) is 53.2 Å². The second-order valence-corrected chi connectivity index (χ2v) is 4.76. The van der Waals surface area contributed by atoms with Crippen LogP contribution in [0.3, 0.4) is 0 Å². The molecule has 1 heterocycles. The van der Waals surface area contributed by atoms with E-state index in [-0.39, 0.29) is 5.91 Å². The van der Waals surface area contributed by atoms with Crippen LogP contribution in [0.4, 0.5) is 5.69 Å². The Morgan fingerprint density at radius 1 is 1.43 bits per heavy atom. The molecule has 5 heteroatoms. The average molecular weight is 286 g/mol. The van der Waals surface area contributed by atoms with E-state index in [9.17, 15) is 4.79 Å². The maximum atomic E-state index is 12.1. The number of hydrogen-bond acceptors (Lipinski definition) is 4. The van der Waals surface area contributed by atoms with Crippen LogP contribution >= 0.6 is 0 Å². The minimum absolute atomic E-state index is 0.216. The van der Waals surface area contributed by atoms with Crippen LogP contribution < -0.4 is 15.8 Å². The van der Waals surface area contributed by atoms with Gasteiger partial charge >= 0.3 is 0 Å². The van der Waals surface area contributed by atoms with Gasteiger partial charge in [0, 0.05) is 5.56 Å². The van der Waals surface area contributed by atoms with E-state index in [1.54, 1.807) is 36.6 Å². The molecule has 1 aromatic heterocycles. The molecule has 3 N–H and O–H groups in total. The average Bonchev–Trinajstić information content (AvgIpc) is 2.97. The smallest absolute Gasteiger partial charge is 0.251 e. The molecule has 1 amide bonds. The maximum absolute atomic E-state index is 12.1. The van der Waals surface area contributed by atoms with E-state index < -0.39 is 0 Å². The van der Waals surface area contributed by atoms with Crippen molar-refractivity contribution in [1.29, 1.82) is 0 Å². The summed E-state index contributed by atoms with van der Waals surface area (Å²) in [6.07, 6.45) is 1.56. The first-order chi connectivity index (χ1) is 10.1. The van der Waals surface area contributed by atoms with E-state index in [4.69, 9.17) is 14.9 Å². The van der Waals surface area contributed by atoms with E-state index in [1.807, 2.05) is 6.92 Å². The van der Waals surface area contributed by atoms with Crippen molar-refractivity contribution in [3.8, 4) is 5.75 Å². The molecular formula is C16H18N2O3. The summed E-state index contributed by atoms with van der Waals surface area (Å²) < 4.78 is 10.7.